The Balaban J connectivity index is 1.40. The Bertz CT molecular complexity index is 1970. The zero-order valence-corrected chi connectivity index (χ0v) is 31.1. The number of nitrogens with zero attached hydrogens (tertiary/aromatic N) is 5. The van der Waals surface area contributed by atoms with E-state index in [2.05, 4.69) is 51.2 Å². The summed E-state index contributed by atoms with van der Waals surface area (Å²) in [5.41, 5.74) is -0.543. The van der Waals surface area contributed by atoms with Crippen LogP contribution in [-0.2, 0) is 4.79 Å². The van der Waals surface area contributed by atoms with Gasteiger partial charge in [0.05, 0.1) is 22.4 Å². The molecule has 3 saturated heterocycles. The van der Waals surface area contributed by atoms with Crippen molar-refractivity contribution in [3.8, 4) is 23.0 Å². The summed E-state index contributed by atoms with van der Waals surface area (Å²) in [5.74, 6) is -0.226. The van der Waals surface area contributed by atoms with Crippen LogP contribution in [0.4, 0.5) is 14.6 Å². The van der Waals surface area contributed by atoms with Crippen LogP contribution in [0.5, 0.6) is 11.8 Å². The van der Waals surface area contributed by atoms with Crippen LogP contribution in [0.25, 0.3) is 32.9 Å². The van der Waals surface area contributed by atoms with E-state index in [-0.39, 0.29) is 35.9 Å². The Morgan fingerprint density at radius 1 is 1.20 bits per heavy atom. The van der Waals surface area contributed by atoms with Crippen LogP contribution in [0.2, 0.25) is 0 Å². The zero-order chi connectivity index (χ0) is 35.4. The molecule has 0 spiro atoms. The fraction of sp³-hybridized carbons (Fsp3) is 0.474. The Morgan fingerprint density at radius 3 is 2.76 bits per heavy atom. The number of halogens is 3. The van der Waals surface area contributed by atoms with Gasteiger partial charge in [0.25, 0.3) is 0 Å². The average Bonchev–Trinajstić information content (AvgIpc) is 3.63. The number of anilines is 1. The van der Waals surface area contributed by atoms with Gasteiger partial charge in [0.1, 0.15) is 39.3 Å². The molecule has 0 saturated carbocycles. The van der Waals surface area contributed by atoms with E-state index >= 15 is 4.39 Å². The Morgan fingerprint density at radius 2 is 2.00 bits per heavy atom. The number of rotatable bonds is 8. The standard InChI is InChI=1S/C38H43F2IN6O3/c1-6-24-20-47(25(7-2)18-42-24)34-29-32(44-36(45-34)49-21-38-13-10-14-46(38)19-23(39)17-38)30(40)31(43-33(29)41)28-16-26(50-35(48)37(3,4)5)15-22-11-8-9-12-27(22)28/h7-9,11-12,15-16,23-25,42H,2,6,10,13-14,17-21H2,1,3-5H3/t23-,24-,25-,38+/m1/s1. The lowest BCUT2D eigenvalue weighted by atomic mass is 9.95. The number of carbonyl (C=O) groups excluding carboxylic acids is 1. The van der Waals surface area contributed by atoms with Crippen LogP contribution >= 0.6 is 22.6 Å². The van der Waals surface area contributed by atoms with Crippen molar-refractivity contribution in [2.24, 2.45) is 5.41 Å². The number of alkyl halides is 1. The number of benzene rings is 2. The van der Waals surface area contributed by atoms with E-state index in [4.69, 9.17) is 24.4 Å². The minimum atomic E-state index is -0.909. The predicted molar refractivity (Wildman–Crippen MR) is 200 cm³/mol. The number of fused-ring (bicyclic) bond motifs is 3. The third-order valence-corrected chi connectivity index (χ3v) is 11.1. The van der Waals surface area contributed by atoms with Gasteiger partial charge < -0.3 is 19.7 Å². The zero-order valence-electron chi connectivity index (χ0n) is 28.9. The average molecular weight is 797 g/mol. The van der Waals surface area contributed by atoms with Crippen molar-refractivity contribution in [3.63, 3.8) is 0 Å². The minimum Gasteiger partial charge on any atom is -0.461 e. The SMILES string of the molecule is C=C[C@@H]1CN[C@H](CC)CN1c1nc(OC[C@@]23CCCN2C[C@H](F)C3)nc2c(F)c(-c3cc(OC(=O)C(C)(C)C)cc4ccccc34)nc(I)c12. The van der Waals surface area contributed by atoms with E-state index in [1.165, 1.54) is 0 Å². The van der Waals surface area contributed by atoms with Gasteiger partial charge in [0, 0.05) is 37.7 Å². The van der Waals surface area contributed by atoms with Crippen molar-refractivity contribution in [2.75, 3.05) is 37.7 Å². The molecule has 0 amide bonds. The summed E-state index contributed by atoms with van der Waals surface area (Å²) >= 11 is 2.13. The first-order chi connectivity index (χ1) is 23.9. The van der Waals surface area contributed by atoms with E-state index in [0.717, 1.165) is 36.6 Å². The number of aromatic nitrogens is 3. The molecule has 4 atom stereocenters. The first kappa shape index (κ1) is 34.9. The van der Waals surface area contributed by atoms with Gasteiger partial charge in [-0.1, -0.05) is 37.3 Å². The van der Waals surface area contributed by atoms with E-state index < -0.39 is 28.9 Å². The molecule has 2 aromatic heterocycles. The molecule has 4 aromatic rings. The summed E-state index contributed by atoms with van der Waals surface area (Å²) in [6.07, 6.45) is 4.04. The number of nitrogens with one attached hydrogen (secondary N) is 1. The molecule has 0 bridgehead atoms. The van der Waals surface area contributed by atoms with Crippen LogP contribution < -0.4 is 19.7 Å². The van der Waals surface area contributed by atoms with Gasteiger partial charge in [-0.15, -0.1) is 6.58 Å². The number of carbonyl (C=O) groups is 1. The smallest absolute Gasteiger partial charge is 0.319 e. The third-order valence-electron chi connectivity index (χ3n) is 10.3. The lowest BCUT2D eigenvalue weighted by Crippen LogP contribution is -2.56. The molecule has 1 N–H and O–H groups in total. The van der Waals surface area contributed by atoms with Crippen molar-refractivity contribution in [1.82, 2.24) is 25.2 Å². The normalized spacial score (nSPS) is 24.1. The molecule has 0 aliphatic carbocycles. The number of piperazine rings is 1. The minimum absolute atomic E-state index is 0.0370. The molecule has 3 fully saturated rings. The highest BCUT2D eigenvalue weighted by Gasteiger charge is 2.49. The van der Waals surface area contributed by atoms with Gasteiger partial charge >= 0.3 is 12.0 Å². The molecular formula is C38H43F2IN6O3. The number of ether oxygens (including phenoxy) is 2. The molecule has 2 aromatic carbocycles. The molecule has 3 aliphatic rings. The third kappa shape index (κ3) is 6.43. The van der Waals surface area contributed by atoms with E-state index in [0.29, 0.717) is 52.3 Å². The summed E-state index contributed by atoms with van der Waals surface area (Å²) in [5, 5.41) is 5.57. The number of hydrogen-bond donors (Lipinski definition) is 1. The molecule has 0 radical (unpaired) electrons. The van der Waals surface area contributed by atoms with E-state index in [1.807, 2.05) is 30.3 Å². The molecule has 7 rings (SSSR count). The van der Waals surface area contributed by atoms with Crippen LogP contribution in [0.3, 0.4) is 0 Å². The van der Waals surface area contributed by atoms with Gasteiger partial charge in [0.2, 0.25) is 0 Å². The Labute approximate surface area is 305 Å². The maximum Gasteiger partial charge on any atom is 0.319 e. The maximum atomic E-state index is 17.3. The molecule has 3 aliphatic heterocycles. The lowest BCUT2D eigenvalue weighted by Gasteiger charge is -2.40. The van der Waals surface area contributed by atoms with E-state index in [9.17, 15) is 9.18 Å². The van der Waals surface area contributed by atoms with Gasteiger partial charge in [-0.05, 0) is 92.1 Å². The number of hydrogen-bond acceptors (Lipinski definition) is 9. The number of esters is 1. The lowest BCUT2D eigenvalue weighted by molar-refractivity contribution is -0.142. The molecule has 5 heterocycles. The molecule has 0 unspecified atom stereocenters. The molecular weight excluding hydrogens is 753 g/mol. The Kier molecular flexibility index (Phi) is 9.48. The first-order valence-electron chi connectivity index (χ1n) is 17.4. The van der Waals surface area contributed by atoms with Gasteiger partial charge in [-0.25, -0.2) is 13.8 Å². The second kappa shape index (κ2) is 13.6. The van der Waals surface area contributed by atoms with Gasteiger partial charge in [0.15, 0.2) is 5.82 Å². The first-order valence-corrected chi connectivity index (χ1v) is 18.5. The van der Waals surface area contributed by atoms with E-state index in [1.54, 1.807) is 32.9 Å². The van der Waals surface area contributed by atoms with Crippen molar-refractivity contribution in [2.45, 2.75) is 77.2 Å². The summed E-state index contributed by atoms with van der Waals surface area (Å²) in [6, 6.07) is 11.1. The second-order valence-corrected chi connectivity index (χ2v) is 15.8. The quantitative estimate of drug-likeness (QED) is 0.0652. The number of pyridine rings is 1. The molecule has 50 heavy (non-hydrogen) atoms. The van der Waals surface area contributed by atoms with Crippen molar-refractivity contribution in [1.29, 1.82) is 0 Å². The fourth-order valence-electron chi connectivity index (χ4n) is 7.55. The van der Waals surface area contributed by atoms with Crippen molar-refractivity contribution in [3.05, 3.63) is 58.6 Å². The van der Waals surface area contributed by atoms with Crippen LogP contribution in [0.15, 0.2) is 49.1 Å². The molecule has 264 valence electrons. The highest BCUT2D eigenvalue weighted by Crippen LogP contribution is 2.42. The largest absolute Gasteiger partial charge is 0.461 e. The summed E-state index contributed by atoms with van der Waals surface area (Å²) in [7, 11) is 0. The van der Waals surface area contributed by atoms with Crippen LogP contribution in [0.1, 0.15) is 53.4 Å². The molecule has 9 nitrogen and oxygen atoms in total. The monoisotopic (exact) mass is 796 g/mol. The predicted octanol–water partition coefficient (Wildman–Crippen LogP) is 7.24. The Hall–Kier alpha value is -3.49. The summed E-state index contributed by atoms with van der Waals surface area (Å²) in [6.45, 7) is 14.3. The second-order valence-electron chi connectivity index (χ2n) is 14.8. The highest BCUT2D eigenvalue weighted by atomic mass is 127. The van der Waals surface area contributed by atoms with Crippen LogP contribution in [-0.4, -0.2) is 82.4 Å². The van der Waals surface area contributed by atoms with Crippen LogP contribution in [0, 0.1) is 14.9 Å². The molecule has 12 heteroatoms. The topological polar surface area (TPSA) is 92.7 Å². The van der Waals surface area contributed by atoms with Crippen molar-refractivity contribution < 1.29 is 23.0 Å². The maximum absolute atomic E-state index is 17.3. The van der Waals surface area contributed by atoms with Gasteiger partial charge in [-0.2, -0.15) is 9.97 Å². The highest BCUT2D eigenvalue weighted by molar-refractivity contribution is 14.1. The van der Waals surface area contributed by atoms with Crippen molar-refractivity contribution >= 4 is 56.1 Å². The summed E-state index contributed by atoms with van der Waals surface area (Å²) < 4.78 is 44.6. The summed E-state index contributed by atoms with van der Waals surface area (Å²) in [4.78, 5) is 31.7. The fourth-order valence-corrected chi connectivity index (χ4v) is 8.29. The van der Waals surface area contributed by atoms with Gasteiger partial charge in [-0.3, -0.25) is 9.69 Å².